The predicted molar refractivity (Wildman–Crippen MR) is 102 cm³/mol. The lowest BCUT2D eigenvalue weighted by molar-refractivity contribution is -0.188. The van der Waals surface area contributed by atoms with Gasteiger partial charge in [-0.1, -0.05) is 12.1 Å². The van der Waals surface area contributed by atoms with Crippen LogP contribution in [0.2, 0.25) is 0 Å². The molecule has 8 nitrogen and oxygen atoms in total. The van der Waals surface area contributed by atoms with Gasteiger partial charge in [-0.25, -0.2) is 4.68 Å². The van der Waals surface area contributed by atoms with E-state index in [0.29, 0.717) is 6.42 Å². The van der Waals surface area contributed by atoms with Crippen LogP contribution in [0.1, 0.15) is 24.8 Å². The average molecular weight is 389 g/mol. The van der Waals surface area contributed by atoms with Gasteiger partial charge in [-0.2, -0.15) is 5.10 Å². The molecule has 2 saturated heterocycles. The molecule has 8 heteroatoms. The zero-order valence-corrected chi connectivity index (χ0v) is 15.7. The number of rotatable bonds is 3. The summed E-state index contributed by atoms with van der Waals surface area (Å²) in [5.74, 6) is 0. The topological polar surface area (TPSA) is 108 Å². The largest absolute Gasteiger partial charge is 0.483 e. The van der Waals surface area contributed by atoms with Crippen molar-refractivity contribution in [1.29, 1.82) is 0 Å². The fourth-order valence-corrected chi connectivity index (χ4v) is 3.89. The van der Waals surface area contributed by atoms with Crippen molar-refractivity contribution >= 4 is 6.47 Å². The third kappa shape index (κ3) is 4.96. The van der Waals surface area contributed by atoms with Crippen LogP contribution in [0.4, 0.5) is 0 Å². The van der Waals surface area contributed by atoms with Crippen LogP contribution in [0, 0.1) is 0 Å². The van der Waals surface area contributed by atoms with Gasteiger partial charge in [0.1, 0.15) is 6.10 Å². The molecule has 1 spiro atoms. The molecule has 0 amide bonds. The Hall–Kier alpha value is -2.26. The van der Waals surface area contributed by atoms with E-state index in [9.17, 15) is 10.2 Å². The Balaban J connectivity index is 0.000000706. The van der Waals surface area contributed by atoms with Crippen molar-refractivity contribution in [2.45, 2.75) is 43.6 Å². The van der Waals surface area contributed by atoms with E-state index in [-0.39, 0.29) is 18.7 Å². The van der Waals surface area contributed by atoms with Gasteiger partial charge in [0.05, 0.1) is 24.0 Å². The number of nitrogens with zero attached hydrogens (tertiary/aromatic N) is 3. The first kappa shape index (κ1) is 20.5. The van der Waals surface area contributed by atoms with Crippen molar-refractivity contribution in [2.24, 2.45) is 0 Å². The number of carbonyl (C=O) groups is 1. The molecule has 152 valence electrons. The number of likely N-dealkylation sites (tertiary alicyclic amines) is 1. The zero-order valence-electron chi connectivity index (χ0n) is 15.7. The molecule has 2 aliphatic rings. The molecule has 4 rings (SSSR count). The van der Waals surface area contributed by atoms with Crippen molar-refractivity contribution in [3.63, 3.8) is 0 Å². The molecule has 0 radical (unpaired) electrons. The molecule has 0 aliphatic carbocycles. The Bertz CT molecular complexity index is 744. The number of aromatic nitrogens is 2. The van der Waals surface area contributed by atoms with Crippen LogP contribution < -0.4 is 0 Å². The highest BCUT2D eigenvalue weighted by atomic mass is 16.5. The number of aliphatic hydroxyl groups is 2. The molecule has 2 aliphatic heterocycles. The summed E-state index contributed by atoms with van der Waals surface area (Å²) in [4.78, 5) is 10.8. The van der Waals surface area contributed by atoms with Crippen LogP contribution in [-0.4, -0.2) is 74.0 Å². The van der Waals surface area contributed by atoms with Crippen LogP contribution in [0.5, 0.6) is 0 Å². The minimum atomic E-state index is -0.742. The number of aliphatic hydroxyl groups excluding tert-OH is 2. The lowest BCUT2D eigenvalue weighted by Crippen LogP contribution is -2.54. The second-order valence-electron chi connectivity index (χ2n) is 7.33. The number of piperidine rings is 1. The van der Waals surface area contributed by atoms with Crippen molar-refractivity contribution < 1.29 is 24.9 Å². The Morgan fingerprint density at radius 3 is 2.61 bits per heavy atom. The summed E-state index contributed by atoms with van der Waals surface area (Å²) in [6, 6.07) is 10.4. The Kier molecular flexibility index (Phi) is 6.79. The zero-order chi connectivity index (χ0) is 20.0. The minimum Gasteiger partial charge on any atom is -0.483 e. The van der Waals surface area contributed by atoms with Crippen LogP contribution in [0.15, 0.2) is 42.7 Å². The van der Waals surface area contributed by atoms with E-state index >= 15 is 0 Å². The van der Waals surface area contributed by atoms with E-state index in [2.05, 4.69) is 34.3 Å². The number of benzene rings is 1. The smallest absolute Gasteiger partial charge is 0.290 e. The molecular weight excluding hydrogens is 362 g/mol. The number of hydrogen-bond donors (Lipinski definition) is 3. The standard InChI is InChI=1S/C19H25N3O3.CH2O2/c23-17-12-19(25-14-18(17)24)5-9-21(10-6-19)13-15-3-1-4-16(11-15)22-8-2-7-20-22;2-1-3/h1-4,7-8,11,17-18,23-24H,5-6,9-10,12-14H2;1H,(H,2,3)/t17-,18+;/m1./s1. The molecule has 2 fully saturated rings. The van der Waals surface area contributed by atoms with Crippen LogP contribution in [0.25, 0.3) is 5.69 Å². The second kappa shape index (κ2) is 9.29. The monoisotopic (exact) mass is 389 g/mol. The molecule has 2 atom stereocenters. The van der Waals surface area contributed by atoms with Crippen LogP contribution in [-0.2, 0) is 16.1 Å². The summed E-state index contributed by atoms with van der Waals surface area (Å²) < 4.78 is 7.78. The maximum Gasteiger partial charge on any atom is 0.290 e. The van der Waals surface area contributed by atoms with Crippen molar-refractivity contribution in [3.05, 3.63) is 48.3 Å². The number of hydrogen-bond acceptors (Lipinski definition) is 6. The van der Waals surface area contributed by atoms with Gasteiger partial charge in [0.15, 0.2) is 0 Å². The van der Waals surface area contributed by atoms with Gasteiger partial charge in [-0.3, -0.25) is 9.69 Å². The Labute approximate surface area is 164 Å². The summed E-state index contributed by atoms with van der Waals surface area (Å²) in [6.07, 6.45) is 4.66. The number of ether oxygens (including phenoxy) is 1. The van der Waals surface area contributed by atoms with Crippen LogP contribution in [0.3, 0.4) is 0 Å². The third-order valence-corrected chi connectivity index (χ3v) is 5.44. The van der Waals surface area contributed by atoms with Gasteiger partial charge in [0.2, 0.25) is 0 Å². The molecule has 28 heavy (non-hydrogen) atoms. The first-order valence-electron chi connectivity index (χ1n) is 9.44. The summed E-state index contributed by atoms with van der Waals surface area (Å²) in [5.41, 5.74) is 2.08. The van der Waals surface area contributed by atoms with Gasteiger partial charge < -0.3 is 20.1 Å². The fraction of sp³-hybridized carbons (Fsp3) is 0.500. The summed E-state index contributed by atoms with van der Waals surface area (Å²) in [5, 5.41) is 30.8. The molecule has 0 unspecified atom stereocenters. The van der Waals surface area contributed by atoms with Gasteiger partial charge in [0.25, 0.3) is 6.47 Å². The lowest BCUT2D eigenvalue weighted by atomic mass is 9.82. The van der Waals surface area contributed by atoms with E-state index in [1.54, 1.807) is 6.20 Å². The maximum absolute atomic E-state index is 9.97. The molecular formula is C20H27N3O5. The Morgan fingerprint density at radius 2 is 1.96 bits per heavy atom. The second-order valence-corrected chi connectivity index (χ2v) is 7.33. The molecule has 3 N–H and O–H groups in total. The predicted octanol–water partition coefficient (Wildman–Crippen LogP) is 1.05. The summed E-state index contributed by atoms with van der Waals surface area (Å²) in [7, 11) is 0. The minimum absolute atomic E-state index is 0.243. The van der Waals surface area contributed by atoms with Gasteiger partial charge >= 0.3 is 0 Å². The first-order valence-corrected chi connectivity index (χ1v) is 9.44. The molecule has 0 bridgehead atoms. The summed E-state index contributed by atoms with van der Waals surface area (Å²) in [6.45, 7) is 2.77. The highest BCUT2D eigenvalue weighted by molar-refractivity contribution is 5.35. The third-order valence-electron chi connectivity index (χ3n) is 5.44. The quantitative estimate of drug-likeness (QED) is 0.674. The van der Waals surface area contributed by atoms with E-state index in [1.807, 2.05) is 16.9 Å². The van der Waals surface area contributed by atoms with Crippen molar-refractivity contribution in [1.82, 2.24) is 14.7 Å². The highest BCUT2D eigenvalue weighted by Crippen LogP contribution is 2.35. The maximum atomic E-state index is 9.97. The van der Waals surface area contributed by atoms with E-state index < -0.39 is 12.2 Å². The summed E-state index contributed by atoms with van der Waals surface area (Å²) >= 11 is 0. The van der Waals surface area contributed by atoms with E-state index in [4.69, 9.17) is 14.6 Å². The van der Waals surface area contributed by atoms with Gasteiger partial charge in [0, 0.05) is 38.4 Å². The lowest BCUT2D eigenvalue weighted by Gasteiger charge is -2.46. The molecule has 3 heterocycles. The average Bonchev–Trinajstić information content (AvgIpc) is 3.23. The molecule has 0 saturated carbocycles. The fourth-order valence-electron chi connectivity index (χ4n) is 3.89. The normalized spacial score (nSPS) is 24.4. The molecule has 2 aromatic rings. The SMILES string of the molecule is O=CO.O[C@@H]1CC2(CCN(Cc3cccc(-n4cccn4)c3)CC2)OC[C@@H]1O. The van der Waals surface area contributed by atoms with Crippen LogP contribution >= 0.6 is 0 Å². The van der Waals surface area contributed by atoms with Crippen molar-refractivity contribution in [2.75, 3.05) is 19.7 Å². The first-order chi connectivity index (χ1) is 13.5. The van der Waals surface area contributed by atoms with E-state index in [0.717, 1.165) is 38.2 Å². The Morgan fingerprint density at radius 1 is 1.21 bits per heavy atom. The molecule has 1 aromatic heterocycles. The van der Waals surface area contributed by atoms with Gasteiger partial charge in [-0.05, 0) is 36.6 Å². The highest BCUT2D eigenvalue weighted by Gasteiger charge is 2.42. The van der Waals surface area contributed by atoms with E-state index in [1.165, 1.54) is 5.56 Å². The van der Waals surface area contributed by atoms with Crippen molar-refractivity contribution in [3.8, 4) is 5.69 Å². The van der Waals surface area contributed by atoms with Gasteiger partial charge in [-0.15, -0.1) is 0 Å². The molecule has 1 aromatic carbocycles. The number of carboxylic acid groups (broad SMARTS) is 1.